The molecule has 0 heterocycles. The standard InChI is InChI=1S/C16H22ClNO/c17-13-4-5-14-12(9-13)3-6-15(14)18-10-16(11-19)7-1-2-8-16/h4-5,9,15,18-19H,1-3,6-8,10-11H2. The first kappa shape index (κ1) is 13.4. The Bertz CT molecular complexity index is 454. The van der Waals surface area contributed by atoms with Gasteiger partial charge >= 0.3 is 0 Å². The van der Waals surface area contributed by atoms with Crippen molar-refractivity contribution in [1.29, 1.82) is 0 Å². The van der Waals surface area contributed by atoms with Gasteiger partial charge in [-0.3, -0.25) is 0 Å². The Kier molecular flexibility index (Phi) is 3.84. The molecule has 1 fully saturated rings. The molecule has 1 aromatic carbocycles. The first-order valence-corrected chi connectivity index (χ1v) is 7.73. The van der Waals surface area contributed by atoms with Crippen LogP contribution in [0.1, 0.15) is 49.3 Å². The van der Waals surface area contributed by atoms with E-state index in [1.165, 1.54) is 24.0 Å². The number of nitrogens with one attached hydrogen (secondary N) is 1. The van der Waals surface area contributed by atoms with E-state index in [1.54, 1.807) is 0 Å². The van der Waals surface area contributed by atoms with Crippen LogP contribution in [0.4, 0.5) is 0 Å². The highest BCUT2D eigenvalue weighted by atomic mass is 35.5. The third-order valence-corrected chi connectivity index (χ3v) is 5.14. The molecule has 0 saturated heterocycles. The van der Waals surface area contributed by atoms with E-state index in [4.69, 9.17) is 11.6 Å². The quantitative estimate of drug-likeness (QED) is 0.885. The molecule has 19 heavy (non-hydrogen) atoms. The van der Waals surface area contributed by atoms with Gasteiger partial charge in [0.25, 0.3) is 0 Å². The summed E-state index contributed by atoms with van der Waals surface area (Å²) in [6, 6.07) is 6.67. The molecule has 0 spiro atoms. The van der Waals surface area contributed by atoms with Gasteiger partial charge in [-0.15, -0.1) is 0 Å². The molecule has 2 N–H and O–H groups in total. The fourth-order valence-corrected chi connectivity index (χ4v) is 3.85. The second kappa shape index (κ2) is 5.43. The largest absolute Gasteiger partial charge is 0.396 e. The molecule has 3 heteroatoms. The predicted octanol–water partition coefficient (Wildman–Crippen LogP) is 3.47. The lowest BCUT2D eigenvalue weighted by Crippen LogP contribution is -2.36. The number of aliphatic hydroxyl groups excluding tert-OH is 1. The maximum Gasteiger partial charge on any atom is 0.0499 e. The van der Waals surface area contributed by atoms with Gasteiger partial charge in [-0.05, 0) is 48.9 Å². The van der Waals surface area contributed by atoms with Crippen molar-refractivity contribution in [3.8, 4) is 0 Å². The van der Waals surface area contributed by atoms with Crippen molar-refractivity contribution in [1.82, 2.24) is 5.32 Å². The fraction of sp³-hybridized carbons (Fsp3) is 0.625. The van der Waals surface area contributed by atoms with E-state index < -0.39 is 0 Å². The Morgan fingerprint density at radius 3 is 2.84 bits per heavy atom. The van der Waals surface area contributed by atoms with Crippen LogP contribution in [0.25, 0.3) is 0 Å². The maximum atomic E-state index is 9.66. The van der Waals surface area contributed by atoms with Gasteiger partial charge < -0.3 is 10.4 Å². The molecule has 0 bridgehead atoms. The minimum atomic E-state index is 0.134. The third-order valence-electron chi connectivity index (χ3n) is 4.91. The van der Waals surface area contributed by atoms with Crippen molar-refractivity contribution >= 4 is 11.6 Å². The second-order valence-electron chi connectivity index (χ2n) is 6.18. The van der Waals surface area contributed by atoms with E-state index in [0.29, 0.717) is 12.6 Å². The van der Waals surface area contributed by atoms with E-state index in [9.17, 15) is 5.11 Å². The predicted molar refractivity (Wildman–Crippen MR) is 78.5 cm³/mol. The molecule has 0 aromatic heterocycles. The summed E-state index contributed by atoms with van der Waals surface area (Å²) in [5.74, 6) is 0. The molecule has 0 amide bonds. The molecule has 0 aliphatic heterocycles. The van der Waals surface area contributed by atoms with E-state index in [0.717, 1.165) is 37.3 Å². The Labute approximate surface area is 120 Å². The number of hydrogen-bond donors (Lipinski definition) is 2. The van der Waals surface area contributed by atoms with Gasteiger partial charge in [0.15, 0.2) is 0 Å². The number of fused-ring (bicyclic) bond motifs is 1. The van der Waals surface area contributed by atoms with E-state index >= 15 is 0 Å². The summed E-state index contributed by atoms with van der Waals surface area (Å²) in [5, 5.41) is 14.2. The average Bonchev–Trinajstić information content (AvgIpc) is 3.03. The highest BCUT2D eigenvalue weighted by Gasteiger charge is 2.34. The lowest BCUT2D eigenvalue weighted by Gasteiger charge is -2.29. The topological polar surface area (TPSA) is 32.3 Å². The van der Waals surface area contributed by atoms with Crippen LogP contribution in [0.3, 0.4) is 0 Å². The average molecular weight is 280 g/mol. The molecule has 1 saturated carbocycles. The molecule has 0 radical (unpaired) electrons. The van der Waals surface area contributed by atoms with Crippen molar-refractivity contribution in [2.24, 2.45) is 5.41 Å². The van der Waals surface area contributed by atoms with Crippen LogP contribution < -0.4 is 5.32 Å². The van der Waals surface area contributed by atoms with Crippen LogP contribution in [0.5, 0.6) is 0 Å². The molecule has 2 nitrogen and oxygen atoms in total. The minimum absolute atomic E-state index is 0.134. The van der Waals surface area contributed by atoms with Crippen LogP contribution in [0, 0.1) is 5.41 Å². The van der Waals surface area contributed by atoms with Gasteiger partial charge in [0.1, 0.15) is 0 Å². The Morgan fingerprint density at radius 1 is 1.32 bits per heavy atom. The van der Waals surface area contributed by atoms with Gasteiger partial charge in [-0.2, -0.15) is 0 Å². The molecule has 1 unspecified atom stereocenters. The van der Waals surface area contributed by atoms with Crippen LogP contribution >= 0.6 is 11.6 Å². The SMILES string of the molecule is OCC1(CNC2CCc3cc(Cl)ccc32)CCCC1. The maximum absolute atomic E-state index is 9.66. The normalized spacial score (nSPS) is 24.6. The number of halogens is 1. The molecule has 2 aliphatic carbocycles. The number of hydrogen-bond acceptors (Lipinski definition) is 2. The molecule has 1 aromatic rings. The summed E-state index contributed by atoms with van der Waals surface area (Å²) in [5.41, 5.74) is 2.92. The number of benzene rings is 1. The van der Waals surface area contributed by atoms with Crippen molar-refractivity contribution in [2.75, 3.05) is 13.2 Å². The summed E-state index contributed by atoms with van der Waals surface area (Å²) < 4.78 is 0. The number of aryl methyl sites for hydroxylation is 1. The Hall–Kier alpha value is -0.570. The summed E-state index contributed by atoms with van der Waals surface area (Å²) in [6.07, 6.45) is 7.11. The number of aliphatic hydroxyl groups is 1. The summed E-state index contributed by atoms with van der Waals surface area (Å²) in [7, 11) is 0. The van der Waals surface area contributed by atoms with Crippen molar-refractivity contribution in [3.05, 3.63) is 34.3 Å². The first-order chi connectivity index (χ1) is 9.22. The monoisotopic (exact) mass is 279 g/mol. The van der Waals surface area contributed by atoms with E-state index in [2.05, 4.69) is 17.4 Å². The fourth-order valence-electron chi connectivity index (χ4n) is 3.65. The smallest absolute Gasteiger partial charge is 0.0499 e. The first-order valence-electron chi connectivity index (χ1n) is 7.35. The zero-order valence-electron chi connectivity index (χ0n) is 11.3. The summed E-state index contributed by atoms with van der Waals surface area (Å²) >= 11 is 6.04. The summed E-state index contributed by atoms with van der Waals surface area (Å²) in [6.45, 7) is 1.26. The highest BCUT2D eigenvalue weighted by Crippen LogP contribution is 2.39. The third kappa shape index (κ3) is 2.67. The van der Waals surface area contributed by atoms with Crippen molar-refractivity contribution < 1.29 is 5.11 Å². The van der Waals surface area contributed by atoms with Gasteiger partial charge in [0.2, 0.25) is 0 Å². The van der Waals surface area contributed by atoms with Gasteiger partial charge in [-0.25, -0.2) is 0 Å². The zero-order chi connectivity index (χ0) is 13.3. The lowest BCUT2D eigenvalue weighted by atomic mass is 9.87. The van der Waals surface area contributed by atoms with Crippen LogP contribution in [-0.4, -0.2) is 18.3 Å². The number of rotatable bonds is 4. The van der Waals surface area contributed by atoms with Crippen molar-refractivity contribution in [2.45, 2.75) is 44.6 Å². The Morgan fingerprint density at radius 2 is 2.11 bits per heavy atom. The molecule has 3 rings (SSSR count). The zero-order valence-corrected chi connectivity index (χ0v) is 12.0. The van der Waals surface area contributed by atoms with Crippen molar-refractivity contribution in [3.63, 3.8) is 0 Å². The van der Waals surface area contributed by atoms with E-state index in [1.807, 2.05) is 6.07 Å². The molecular weight excluding hydrogens is 258 g/mol. The van der Waals surface area contributed by atoms with Crippen LogP contribution in [-0.2, 0) is 6.42 Å². The van der Waals surface area contributed by atoms with Gasteiger partial charge in [0, 0.05) is 29.6 Å². The van der Waals surface area contributed by atoms with Gasteiger partial charge in [-0.1, -0.05) is 30.5 Å². The highest BCUT2D eigenvalue weighted by molar-refractivity contribution is 6.30. The summed E-state index contributed by atoms with van der Waals surface area (Å²) in [4.78, 5) is 0. The molecule has 1 atom stereocenters. The minimum Gasteiger partial charge on any atom is -0.396 e. The van der Waals surface area contributed by atoms with Crippen LogP contribution in [0.15, 0.2) is 18.2 Å². The van der Waals surface area contributed by atoms with E-state index in [-0.39, 0.29) is 5.41 Å². The van der Waals surface area contributed by atoms with Gasteiger partial charge in [0.05, 0.1) is 0 Å². The van der Waals surface area contributed by atoms with Crippen LogP contribution in [0.2, 0.25) is 5.02 Å². The lowest BCUT2D eigenvalue weighted by molar-refractivity contribution is 0.124. The Balaban J connectivity index is 1.66. The molecular formula is C16H22ClNO. The molecule has 2 aliphatic rings. The molecule has 104 valence electrons. The second-order valence-corrected chi connectivity index (χ2v) is 6.62.